The van der Waals surface area contributed by atoms with Crippen LogP contribution in [0.4, 0.5) is 15.9 Å². The first-order valence-corrected chi connectivity index (χ1v) is 9.95. The summed E-state index contributed by atoms with van der Waals surface area (Å²) in [5, 5.41) is 30.6. The van der Waals surface area contributed by atoms with Gasteiger partial charge in [-0.05, 0) is 40.9 Å². The van der Waals surface area contributed by atoms with Crippen molar-refractivity contribution in [1.29, 1.82) is 0 Å². The van der Waals surface area contributed by atoms with E-state index < -0.39 is 16.0 Å². The number of nitrogens with one attached hydrogen (secondary N) is 2. The zero-order valence-electron chi connectivity index (χ0n) is 14.3. The molecule has 5 N–H and O–H groups in total. The molecule has 1 aliphatic rings. The molecule has 14 heteroatoms. The maximum atomic E-state index is 13.3. The molecule has 0 radical (unpaired) electrons. The number of anilines is 2. The summed E-state index contributed by atoms with van der Waals surface area (Å²) in [5.74, 6) is -0.516. The highest BCUT2D eigenvalue weighted by atomic mass is 35.5. The van der Waals surface area contributed by atoms with E-state index in [1.807, 2.05) is 0 Å². The van der Waals surface area contributed by atoms with Crippen LogP contribution < -0.4 is 15.8 Å². The number of halogens is 2. The van der Waals surface area contributed by atoms with Gasteiger partial charge in [-0.25, -0.2) is 14.2 Å². The molecule has 28 heavy (non-hydrogen) atoms. The lowest BCUT2D eigenvalue weighted by Gasteiger charge is -2.13. The predicted octanol–water partition coefficient (Wildman–Crippen LogP) is 1.05. The van der Waals surface area contributed by atoms with Crippen LogP contribution >= 0.6 is 11.6 Å². The molecule has 1 fully saturated rings. The van der Waals surface area contributed by atoms with E-state index in [0.717, 1.165) is 6.07 Å². The van der Waals surface area contributed by atoms with E-state index in [1.54, 1.807) is 0 Å². The minimum atomic E-state index is -3.71. The van der Waals surface area contributed by atoms with Crippen LogP contribution in [0.2, 0.25) is 5.02 Å². The molecular weight excluding hydrogens is 417 g/mol. The Kier molecular flexibility index (Phi) is 5.98. The molecule has 1 aliphatic heterocycles. The largest absolute Gasteiger partial charge is 0.409 e. The summed E-state index contributed by atoms with van der Waals surface area (Å²) < 4.78 is 41.9. The minimum absolute atomic E-state index is 0.00116. The average Bonchev–Trinajstić information content (AvgIpc) is 3.29. The van der Waals surface area contributed by atoms with E-state index in [-0.39, 0.29) is 34.8 Å². The zero-order valence-corrected chi connectivity index (χ0v) is 15.9. The van der Waals surface area contributed by atoms with Crippen LogP contribution in [0.5, 0.6) is 0 Å². The maximum absolute atomic E-state index is 13.3. The number of hydrogen-bond donors (Lipinski definition) is 4. The predicted molar refractivity (Wildman–Crippen MR) is 98.9 cm³/mol. The first kappa shape index (κ1) is 20.3. The van der Waals surface area contributed by atoms with Gasteiger partial charge in [-0.1, -0.05) is 16.8 Å². The first-order valence-electron chi connectivity index (χ1n) is 8.06. The van der Waals surface area contributed by atoms with E-state index in [2.05, 4.69) is 26.1 Å². The molecule has 0 aliphatic carbocycles. The lowest BCUT2D eigenvalue weighted by molar-refractivity contribution is 0.305. The van der Waals surface area contributed by atoms with Crippen LogP contribution in [0.15, 0.2) is 28.0 Å². The van der Waals surface area contributed by atoms with Gasteiger partial charge in [0.25, 0.3) is 10.2 Å². The van der Waals surface area contributed by atoms with Gasteiger partial charge in [-0.3, -0.25) is 0 Å². The molecule has 2 heterocycles. The van der Waals surface area contributed by atoms with Crippen LogP contribution in [0, 0.1) is 11.7 Å². The van der Waals surface area contributed by atoms with Gasteiger partial charge in [-0.15, -0.1) is 0 Å². The third kappa shape index (κ3) is 4.67. The van der Waals surface area contributed by atoms with Gasteiger partial charge in [0.2, 0.25) is 11.7 Å². The standard InChI is InChI=1S/C14H17ClFN7O4S/c15-10-5-9(1-2-11(10)16)19-14(20-24)12-13(22-27-21-12)18-6-8-3-4-23(7-8)28(17,25)26/h1-2,5,8,24H,3-4,6-7H2,(H,18,22)(H,19,20)(H2,17,25,26)/t8-/m1/s1. The SMILES string of the molecule is NS(=O)(=O)N1CC[C@H](CNc2nonc2/C(=N/O)Nc2ccc(F)c(Cl)c2)C1. The van der Waals surface area contributed by atoms with Crippen LogP contribution in [0.1, 0.15) is 12.1 Å². The highest BCUT2D eigenvalue weighted by Crippen LogP contribution is 2.22. The van der Waals surface area contributed by atoms with Gasteiger partial charge in [0.05, 0.1) is 5.02 Å². The molecule has 0 spiro atoms. The third-order valence-corrected chi connectivity index (χ3v) is 5.50. The normalized spacial score (nSPS) is 18.4. The summed E-state index contributed by atoms with van der Waals surface area (Å²) in [6.07, 6.45) is 0.622. The van der Waals surface area contributed by atoms with Gasteiger partial charge in [0.15, 0.2) is 5.69 Å². The number of nitrogens with two attached hydrogens (primary N) is 1. The summed E-state index contributed by atoms with van der Waals surface area (Å²) >= 11 is 5.73. The van der Waals surface area contributed by atoms with Crippen molar-refractivity contribution in [2.75, 3.05) is 30.3 Å². The second-order valence-electron chi connectivity index (χ2n) is 6.10. The highest BCUT2D eigenvalue weighted by molar-refractivity contribution is 7.86. The fraction of sp³-hybridized carbons (Fsp3) is 0.357. The van der Waals surface area contributed by atoms with Crippen molar-refractivity contribution in [3.8, 4) is 0 Å². The molecular formula is C14H17ClFN7O4S. The Bertz CT molecular complexity index is 984. The Morgan fingerprint density at radius 1 is 1.50 bits per heavy atom. The smallest absolute Gasteiger partial charge is 0.276 e. The molecule has 2 aromatic rings. The second kappa shape index (κ2) is 8.26. The molecule has 1 saturated heterocycles. The van der Waals surface area contributed by atoms with Crippen LogP contribution in [0.25, 0.3) is 0 Å². The first-order chi connectivity index (χ1) is 13.3. The van der Waals surface area contributed by atoms with Crippen molar-refractivity contribution in [1.82, 2.24) is 14.6 Å². The summed E-state index contributed by atoms with van der Waals surface area (Å²) in [5.41, 5.74) is 0.428. The summed E-state index contributed by atoms with van der Waals surface area (Å²) in [4.78, 5) is 0. The molecule has 3 rings (SSSR count). The molecule has 1 atom stereocenters. The molecule has 1 aromatic carbocycles. The Balaban J connectivity index is 1.66. The molecule has 0 unspecified atom stereocenters. The topological polar surface area (TPSA) is 159 Å². The maximum Gasteiger partial charge on any atom is 0.276 e. The number of rotatable bonds is 6. The third-order valence-electron chi connectivity index (χ3n) is 4.16. The second-order valence-corrected chi connectivity index (χ2v) is 8.06. The van der Waals surface area contributed by atoms with Crippen molar-refractivity contribution >= 4 is 39.2 Å². The zero-order chi connectivity index (χ0) is 20.3. The average molecular weight is 434 g/mol. The molecule has 0 saturated carbocycles. The van der Waals surface area contributed by atoms with Crippen LogP contribution in [-0.2, 0) is 10.2 Å². The van der Waals surface area contributed by atoms with E-state index in [0.29, 0.717) is 25.2 Å². The molecule has 0 amide bonds. The number of hydrogen-bond acceptors (Lipinski definition) is 8. The molecule has 0 bridgehead atoms. The van der Waals surface area contributed by atoms with E-state index in [1.165, 1.54) is 16.4 Å². The van der Waals surface area contributed by atoms with Crippen LogP contribution in [-0.4, -0.2) is 53.7 Å². The Morgan fingerprint density at radius 2 is 2.29 bits per heavy atom. The van der Waals surface area contributed by atoms with Crippen LogP contribution in [0.3, 0.4) is 0 Å². The molecule has 1 aromatic heterocycles. The van der Waals surface area contributed by atoms with Gasteiger partial charge in [0.1, 0.15) is 5.82 Å². The van der Waals surface area contributed by atoms with E-state index in [9.17, 15) is 18.0 Å². The van der Waals surface area contributed by atoms with Crippen molar-refractivity contribution in [2.45, 2.75) is 6.42 Å². The van der Waals surface area contributed by atoms with Crippen molar-refractivity contribution < 1.29 is 22.6 Å². The van der Waals surface area contributed by atoms with Crippen molar-refractivity contribution in [2.24, 2.45) is 16.2 Å². The van der Waals surface area contributed by atoms with Crippen molar-refractivity contribution in [3.63, 3.8) is 0 Å². The van der Waals surface area contributed by atoms with Gasteiger partial charge in [0, 0.05) is 25.3 Å². The van der Waals surface area contributed by atoms with Gasteiger partial charge >= 0.3 is 0 Å². The lowest BCUT2D eigenvalue weighted by Crippen LogP contribution is -2.35. The Labute approximate surface area is 164 Å². The molecule has 11 nitrogen and oxygen atoms in total. The number of amidine groups is 1. The number of oxime groups is 1. The monoisotopic (exact) mass is 433 g/mol. The fourth-order valence-corrected chi connectivity index (χ4v) is 3.70. The quantitative estimate of drug-likeness (QED) is 0.227. The number of aromatic nitrogens is 2. The van der Waals surface area contributed by atoms with Gasteiger partial charge in [-0.2, -0.15) is 12.7 Å². The molecule has 152 valence electrons. The number of benzene rings is 1. The van der Waals surface area contributed by atoms with E-state index in [4.69, 9.17) is 21.4 Å². The number of nitrogens with zero attached hydrogens (tertiary/aromatic N) is 4. The summed E-state index contributed by atoms with van der Waals surface area (Å²) in [6.45, 7) is 0.985. The fourth-order valence-electron chi connectivity index (χ4n) is 2.74. The van der Waals surface area contributed by atoms with Gasteiger partial charge < -0.3 is 15.8 Å². The lowest BCUT2D eigenvalue weighted by atomic mass is 10.1. The summed E-state index contributed by atoms with van der Waals surface area (Å²) in [7, 11) is -3.71. The van der Waals surface area contributed by atoms with Crippen molar-refractivity contribution in [3.05, 3.63) is 34.7 Å². The minimum Gasteiger partial charge on any atom is -0.409 e. The Hall–Kier alpha value is -2.48. The summed E-state index contributed by atoms with van der Waals surface area (Å²) in [6, 6.07) is 3.85. The van der Waals surface area contributed by atoms with E-state index >= 15 is 0 Å². The Morgan fingerprint density at radius 3 is 2.93 bits per heavy atom. The highest BCUT2D eigenvalue weighted by Gasteiger charge is 2.29.